The van der Waals surface area contributed by atoms with Crippen molar-refractivity contribution in [2.24, 2.45) is 0 Å². The van der Waals surface area contributed by atoms with Gasteiger partial charge in [-0.1, -0.05) is 6.92 Å². The van der Waals surface area contributed by atoms with Gasteiger partial charge in [-0.25, -0.2) is 4.79 Å². The number of amides is 1. The Kier molecular flexibility index (Phi) is 6.69. The van der Waals surface area contributed by atoms with Crippen molar-refractivity contribution in [2.45, 2.75) is 19.4 Å². The van der Waals surface area contributed by atoms with E-state index in [9.17, 15) is 9.59 Å². The first-order chi connectivity index (χ1) is 6.61. The Balaban J connectivity index is 3.74. The summed E-state index contributed by atoms with van der Waals surface area (Å²) in [5.74, 6) is -1.61. The van der Waals surface area contributed by atoms with Crippen molar-refractivity contribution < 1.29 is 19.8 Å². The molecule has 6 heteroatoms. The fourth-order valence-electron chi connectivity index (χ4n) is 0.831. The van der Waals surface area contributed by atoms with E-state index in [1.165, 1.54) is 0 Å². The summed E-state index contributed by atoms with van der Waals surface area (Å²) in [4.78, 5) is 21.5. The zero-order valence-corrected chi connectivity index (χ0v) is 8.12. The van der Waals surface area contributed by atoms with E-state index in [2.05, 4.69) is 10.6 Å². The number of carboxylic acids is 1. The molecule has 0 aromatic heterocycles. The van der Waals surface area contributed by atoms with Gasteiger partial charge in [-0.15, -0.1) is 0 Å². The number of aliphatic carboxylic acids is 1. The second-order valence-corrected chi connectivity index (χ2v) is 2.74. The van der Waals surface area contributed by atoms with Crippen LogP contribution in [0.1, 0.15) is 13.3 Å². The Morgan fingerprint density at radius 3 is 2.50 bits per heavy atom. The van der Waals surface area contributed by atoms with Crippen LogP contribution in [-0.2, 0) is 9.59 Å². The summed E-state index contributed by atoms with van der Waals surface area (Å²) in [5, 5.41) is 22.2. The second kappa shape index (κ2) is 7.28. The van der Waals surface area contributed by atoms with Crippen LogP contribution in [0.5, 0.6) is 0 Å². The van der Waals surface area contributed by atoms with E-state index in [1.807, 2.05) is 6.92 Å². The van der Waals surface area contributed by atoms with Gasteiger partial charge >= 0.3 is 5.97 Å². The Labute approximate surface area is 82.3 Å². The molecule has 0 aliphatic heterocycles. The highest BCUT2D eigenvalue weighted by molar-refractivity contribution is 5.83. The molecule has 82 valence electrons. The Hall–Kier alpha value is -1.14. The molecular weight excluding hydrogens is 188 g/mol. The van der Waals surface area contributed by atoms with Crippen LogP contribution in [0.15, 0.2) is 0 Å². The largest absolute Gasteiger partial charge is 0.480 e. The summed E-state index contributed by atoms with van der Waals surface area (Å²) >= 11 is 0. The highest BCUT2D eigenvalue weighted by atomic mass is 16.4. The molecule has 0 saturated heterocycles. The summed E-state index contributed by atoms with van der Waals surface area (Å²) in [6.45, 7) is 2.57. The van der Waals surface area contributed by atoms with Gasteiger partial charge in [0.15, 0.2) is 0 Å². The highest BCUT2D eigenvalue weighted by Crippen LogP contribution is 1.85. The van der Waals surface area contributed by atoms with Gasteiger partial charge in [0.2, 0.25) is 5.91 Å². The fraction of sp³-hybridized carbons (Fsp3) is 0.750. The average Bonchev–Trinajstić information content (AvgIpc) is 2.14. The van der Waals surface area contributed by atoms with Crippen molar-refractivity contribution in [3.8, 4) is 0 Å². The van der Waals surface area contributed by atoms with Gasteiger partial charge in [-0.2, -0.15) is 0 Å². The van der Waals surface area contributed by atoms with Gasteiger partial charge in [0.25, 0.3) is 0 Å². The SMILES string of the molecule is CCNCCC(=O)NC(CO)C(=O)O. The zero-order chi connectivity index (χ0) is 11.0. The van der Waals surface area contributed by atoms with Gasteiger partial charge in [-0.05, 0) is 6.54 Å². The number of rotatable bonds is 7. The molecule has 0 aliphatic rings. The average molecular weight is 204 g/mol. The molecule has 0 aromatic carbocycles. The quantitative estimate of drug-likeness (QED) is 0.380. The fourth-order valence-corrected chi connectivity index (χ4v) is 0.831. The molecule has 1 unspecified atom stereocenters. The van der Waals surface area contributed by atoms with E-state index in [-0.39, 0.29) is 12.3 Å². The third-order valence-corrected chi connectivity index (χ3v) is 1.59. The Bertz CT molecular complexity index is 196. The van der Waals surface area contributed by atoms with Crippen molar-refractivity contribution in [3.05, 3.63) is 0 Å². The number of carbonyl (C=O) groups excluding carboxylic acids is 1. The number of carbonyl (C=O) groups is 2. The number of hydrogen-bond acceptors (Lipinski definition) is 4. The number of hydrogen-bond donors (Lipinski definition) is 4. The third kappa shape index (κ3) is 5.50. The van der Waals surface area contributed by atoms with E-state index >= 15 is 0 Å². The Morgan fingerprint density at radius 1 is 1.43 bits per heavy atom. The molecular formula is C8H16N2O4. The van der Waals surface area contributed by atoms with E-state index in [0.29, 0.717) is 6.54 Å². The molecule has 0 fully saturated rings. The van der Waals surface area contributed by atoms with Crippen LogP contribution in [-0.4, -0.2) is 47.8 Å². The smallest absolute Gasteiger partial charge is 0.328 e. The molecule has 0 saturated carbocycles. The molecule has 0 rings (SSSR count). The van der Waals surface area contributed by atoms with E-state index < -0.39 is 18.6 Å². The molecule has 0 aromatic rings. The number of aliphatic hydroxyl groups excluding tert-OH is 1. The topological polar surface area (TPSA) is 98.7 Å². The first-order valence-electron chi connectivity index (χ1n) is 4.45. The normalized spacial score (nSPS) is 12.1. The monoisotopic (exact) mass is 204 g/mol. The minimum Gasteiger partial charge on any atom is -0.480 e. The van der Waals surface area contributed by atoms with Crippen LogP contribution < -0.4 is 10.6 Å². The van der Waals surface area contributed by atoms with Crippen molar-refractivity contribution in [1.82, 2.24) is 10.6 Å². The Morgan fingerprint density at radius 2 is 2.07 bits per heavy atom. The van der Waals surface area contributed by atoms with Gasteiger partial charge < -0.3 is 20.8 Å². The highest BCUT2D eigenvalue weighted by Gasteiger charge is 2.17. The van der Waals surface area contributed by atoms with Crippen molar-refractivity contribution in [1.29, 1.82) is 0 Å². The molecule has 0 spiro atoms. The lowest BCUT2D eigenvalue weighted by Gasteiger charge is -2.11. The van der Waals surface area contributed by atoms with Crippen LogP contribution in [0.25, 0.3) is 0 Å². The van der Waals surface area contributed by atoms with Crippen molar-refractivity contribution in [3.63, 3.8) is 0 Å². The third-order valence-electron chi connectivity index (χ3n) is 1.59. The molecule has 1 amide bonds. The van der Waals surface area contributed by atoms with Gasteiger partial charge in [-0.3, -0.25) is 4.79 Å². The predicted molar refractivity (Wildman–Crippen MR) is 49.8 cm³/mol. The molecule has 0 bridgehead atoms. The molecule has 0 radical (unpaired) electrons. The van der Waals surface area contributed by atoms with Gasteiger partial charge in [0, 0.05) is 13.0 Å². The van der Waals surface area contributed by atoms with E-state index in [4.69, 9.17) is 10.2 Å². The summed E-state index contributed by atoms with van der Waals surface area (Å²) in [7, 11) is 0. The van der Waals surface area contributed by atoms with Crippen LogP contribution in [0, 0.1) is 0 Å². The first-order valence-corrected chi connectivity index (χ1v) is 4.45. The maximum absolute atomic E-state index is 11.1. The number of carboxylic acid groups (broad SMARTS) is 1. The van der Waals surface area contributed by atoms with Crippen molar-refractivity contribution in [2.75, 3.05) is 19.7 Å². The number of nitrogens with one attached hydrogen (secondary N) is 2. The zero-order valence-electron chi connectivity index (χ0n) is 8.12. The van der Waals surface area contributed by atoms with Gasteiger partial charge in [0.05, 0.1) is 6.61 Å². The van der Waals surface area contributed by atoms with Crippen LogP contribution in [0.3, 0.4) is 0 Å². The lowest BCUT2D eigenvalue weighted by molar-refractivity contribution is -0.142. The number of aliphatic hydroxyl groups is 1. The van der Waals surface area contributed by atoms with Crippen LogP contribution >= 0.6 is 0 Å². The standard InChI is InChI=1S/C8H16N2O4/c1-2-9-4-3-7(12)10-6(5-11)8(13)14/h6,9,11H,2-5H2,1H3,(H,10,12)(H,13,14). The molecule has 1 atom stereocenters. The minimum absolute atomic E-state index is 0.206. The summed E-state index contributed by atoms with van der Waals surface area (Å²) in [5.41, 5.74) is 0. The summed E-state index contributed by atoms with van der Waals surface area (Å²) < 4.78 is 0. The van der Waals surface area contributed by atoms with Crippen molar-refractivity contribution >= 4 is 11.9 Å². The summed E-state index contributed by atoms with van der Waals surface area (Å²) in [6, 6.07) is -1.20. The first kappa shape index (κ1) is 12.9. The maximum atomic E-state index is 11.1. The van der Waals surface area contributed by atoms with Crippen LogP contribution in [0.2, 0.25) is 0 Å². The predicted octanol–water partition coefficient (Wildman–Crippen LogP) is -1.45. The molecule has 6 nitrogen and oxygen atoms in total. The molecule has 0 heterocycles. The second-order valence-electron chi connectivity index (χ2n) is 2.74. The molecule has 4 N–H and O–H groups in total. The molecule has 0 aliphatic carbocycles. The summed E-state index contributed by atoms with van der Waals surface area (Å²) in [6.07, 6.45) is 0.206. The maximum Gasteiger partial charge on any atom is 0.328 e. The minimum atomic E-state index is -1.23. The molecule has 14 heavy (non-hydrogen) atoms. The van der Waals surface area contributed by atoms with Crippen LogP contribution in [0.4, 0.5) is 0 Å². The van der Waals surface area contributed by atoms with Gasteiger partial charge in [0.1, 0.15) is 6.04 Å². The lowest BCUT2D eigenvalue weighted by atomic mass is 10.3. The van der Waals surface area contributed by atoms with E-state index in [0.717, 1.165) is 6.54 Å². The lowest BCUT2D eigenvalue weighted by Crippen LogP contribution is -2.44. The van der Waals surface area contributed by atoms with E-state index in [1.54, 1.807) is 0 Å².